The number of anilines is 2. The fraction of sp³-hybridized carbons (Fsp3) is 0.105. The Morgan fingerprint density at radius 2 is 1.67 bits per heavy atom. The first-order valence-corrected chi connectivity index (χ1v) is 8.83. The Hall–Kier alpha value is -3.39. The molecule has 0 radical (unpaired) electrons. The number of thiazole rings is 1. The van der Waals surface area contributed by atoms with Crippen LogP contribution in [0, 0.1) is 0 Å². The third kappa shape index (κ3) is 4.42. The lowest BCUT2D eigenvalue weighted by atomic mass is 10.1. The van der Waals surface area contributed by atoms with Gasteiger partial charge >= 0.3 is 0 Å². The molecule has 8 heteroatoms. The van der Waals surface area contributed by atoms with Gasteiger partial charge < -0.3 is 14.8 Å². The SMILES string of the molecule is COc1ccc(C(=O)Nc2cccc(C(=O)Nc3nccs3)c2)cc1OC. The van der Waals surface area contributed by atoms with Crippen LogP contribution in [0.25, 0.3) is 0 Å². The van der Waals surface area contributed by atoms with Crippen LogP contribution in [0.5, 0.6) is 11.5 Å². The molecule has 0 aliphatic rings. The van der Waals surface area contributed by atoms with Crippen LogP contribution in [0.2, 0.25) is 0 Å². The lowest BCUT2D eigenvalue weighted by molar-refractivity contribution is 0.101. The zero-order valence-corrected chi connectivity index (χ0v) is 15.5. The number of amides is 2. The second-order valence-corrected chi connectivity index (χ2v) is 6.29. The van der Waals surface area contributed by atoms with Gasteiger partial charge in [0.2, 0.25) is 0 Å². The molecule has 0 saturated heterocycles. The van der Waals surface area contributed by atoms with Crippen LogP contribution in [0.15, 0.2) is 54.0 Å². The van der Waals surface area contributed by atoms with Gasteiger partial charge in [-0.25, -0.2) is 4.98 Å². The van der Waals surface area contributed by atoms with Crippen molar-refractivity contribution >= 4 is 34.0 Å². The summed E-state index contributed by atoms with van der Waals surface area (Å²) in [6.07, 6.45) is 1.61. The number of nitrogens with one attached hydrogen (secondary N) is 2. The van der Waals surface area contributed by atoms with Crippen molar-refractivity contribution in [2.75, 3.05) is 24.9 Å². The molecule has 0 bridgehead atoms. The maximum atomic E-state index is 12.5. The molecule has 1 aromatic heterocycles. The number of carbonyl (C=O) groups is 2. The molecule has 0 fully saturated rings. The number of rotatable bonds is 6. The number of ether oxygens (including phenoxy) is 2. The Bertz CT molecular complexity index is 957. The van der Waals surface area contributed by atoms with E-state index in [-0.39, 0.29) is 11.8 Å². The van der Waals surface area contributed by atoms with Gasteiger partial charge in [0.1, 0.15) is 0 Å². The van der Waals surface area contributed by atoms with E-state index in [1.165, 1.54) is 25.6 Å². The van der Waals surface area contributed by atoms with Crippen LogP contribution in [-0.4, -0.2) is 31.0 Å². The van der Waals surface area contributed by atoms with E-state index in [4.69, 9.17) is 9.47 Å². The molecule has 2 N–H and O–H groups in total. The Morgan fingerprint density at radius 3 is 2.37 bits per heavy atom. The predicted molar refractivity (Wildman–Crippen MR) is 104 cm³/mol. The van der Waals surface area contributed by atoms with E-state index >= 15 is 0 Å². The van der Waals surface area contributed by atoms with Crippen molar-refractivity contribution in [1.82, 2.24) is 4.98 Å². The van der Waals surface area contributed by atoms with Gasteiger partial charge in [-0.2, -0.15) is 0 Å². The summed E-state index contributed by atoms with van der Waals surface area (Å²) in [5.74, 6) is 0.372. The van der Waals surface area contributed by atoms with Crippen LogP contribution >= 0.6 is 11.3 Å². The summed E-state index contributed by atoms with van der Waals surface area (Å²) in [6, 6.07) is 11.5. The van der Waals surface area contributed by atoms with E-state index in [1.807, 2.05) is 0 Å². The minimum Gasteiger partial charge on any atom is -0.493 e. The minimum atomic E-state index is -0.326. The van der Waals surface area contributed by atoms with Crippen molar-refractivity contribution < 1.29 is 19.1 Å². The highest BCUT2D eigenvalue weighted by Crippen LogP contribution is 2.28. The van der Waals surface area contributed by atoms with E-state index in [0.29, 0.717) is 33.4 Å². The molecule has 0 spiro atoms. The molecular formula is C19H17N3O4S. The third-order valence-electron chi connectivity index (χ3n) is 3.68. The molecule has 7 nitrogen and oxygen atoms in total. The van der Waals surface area contributed by atoms with E-state index in [0.717, 1.165) is 0 Å². The summed E-state index contributed by atoms with van der Waals surface area (Å²) in [6.45, 7) is 0. The predicted octanol–water partition coefficient (Wildman–Crippen LogP) is 3.66. The van der Waals surface area contributed by atoms with Crippen LogP contribution in [-0.2, 0) is 0 Å². The van der Waals surface area contributed by atoms with Crippen molar-refractivity contribution in [3.8, 4) is 11.5 Å². The summed E-state index contributed by atoms with van der Waals surface area (Å²) < 4.78 is 10.4. The van der Waals surface area contributed by atoms with Gasteiger partial charge in [0.05, 0.1) is 14.2 Å². The standard InChI is InChI=1S/C19H17N3O4S/c1-25-15-7-6-13(11-16(15)26-2)17(23)21-14-5-3-4-12(10-14)18(24)22-19-20-8-9-27-19/h3-11H,1-2H3,(H,21,23)(H,20,22,24). The zero-order valence-electron chi connectivity index (χ0n) is 14.7. The number of benzene rings is 2. The van der Waals surface area contributed by atoms with E-state index in [2.05, 4.69) is 15.6 Å². The van der Waals surface area contributed by atoms with Crippen molar-refractivity contribution in [2.24, 2.45) is 0 Å². The molecule has 138 valence electrons. The molecular weight excluding hydrogens is 366 g/mol. The summed E-state index contributed by atoms with van der Waals surface area (Å²) >= 11 is 1.33. The normalized spacial score (nSPS) is 10.1. The second kappa shape index (κ2) is 8.33. The molecule has 3 aromatic rings. The maximum absolute atomic E-state index is 12.5. The van der Waals surface area contributed by atoms with Crippen molar-refractivity contribution in [1.29, 1.82) is 0 Å². The molecule has 0 atom stereocenters. The summed E-state index contributed by atoms with van der Waals surface area (Å²) in [7, 11) is 3.03. The van der Waals surface area contributed by atoms with Crippen LogP contribution < -0.4 is 20.1 Å². The zero-order chi connectivity index (χ0) is 19.2. The van der Waals surface area contributed by atoms with Gasteiger partial charge in [-0.3, -0.25) is 14.9 Å². The average Bonchev–Trinajstić information content (AvgIpc) is 3.20. The van der Waals surface area contributed by atoms with Crippen molar-refractivity contribution in [3.05, 3.63) is 65.2 Å². The van der Waals surface area contributed by atoms with E-state index in [1.54, 1.807) is 54.0 Å². The van der Waals surface area contributed by atoms with Gasteiger partial charge in [-0.1, -0.05) is 6.07 Å². The van der Waals surface area contributed by atoms with Crippen molar-refractivity contribution in [3.63, 3.8) is 0 Å². The number of hydrogen-bond acceptors (Lipinski definition) is 6. The molecule has 27 heavy (non-hydrogen) atoms. The van der Waals surface area contributed by atoms with Crippen LogP contribution in [0.1, 0.15) is 20.7 Å². The average molecular weight is 383 g/mol. The van der Waals surface area contributed by atoms with Gasteiger partial charge in [-0.05, 0) is 36.4 Å². The molecule has 0 unspecified atom stereocenters. The monoisotopic (exact) mass is 383 g/mol. The maximum Gasteiger partial charge on any atom is 0.257 e. The van der Waals surface area contributed by atoms with Gasteiger partial charge in [0, 0.05) is 28.4 Å². The Morgan fingerprint density at radius 1 is 0.926 bits per heavy atom. The first kappa shape index (κ1) is 18.4. The van der Waals surface area contributed by atoms with Gasteiger partial charge in [-0.15, -0.1) is 11.3 Å². The molecule has 0 saturated carbocycles. The first-order chi connectivity index (χ1) is 13.1. The minimum absolute atomic E-state index is 0.299. The Balaban J connectivity index is 1.74. The lowest BCUT2D eigenvalue weighted by Crippen LogP contribution is -2.14. The highest BCUT2D eigenvalue weighted by Gasteiger charge is 2.13. The summed E-state index contributed by atoms with van der Waals surface area (Å²) in [4.78, 5) is 28.8. The highest BCUT2D eigenvalue weighted by molar-refractivity contribution is 7.13. The molecule has 2 aromatic carbocycles. The molecule has 1 heterocycles. The van der Waals surface area contributed by atoms with Gasteiger partial charge in [0.25, 0.3) is 11.8 Å². The smallest absolute Gasteiger partial charge is 0.257 e. The van der Waals surface area contributed by atoms with Crippen LogP contribution in [0.4, 0.5) is 10.8 Å². The summed E-state index contributed by atoms with van der Waals surface area (Å²) in [5, 5.41) is 7.76. The van der Waals surface area contributed by atoms with Crippen LogP contribution in [0.3, 0.4) is 0 Å². The fourth-order valence-corrected chi connectivity index (χ4v) is 2.90. The highest BCUT2D eigenvalue weighted by atomic mass is 32.1. The van der Waals surface area contributed by atoms with Crippen molar-refractivity contribution in [2.45, 2.75) is 0 Å². The molecule has 0 aliphatic heterocycles. The van der Waals surface area contributed by atoms with E-state index < -0.39 is 0 Å². The number of nitrogens with zero attached hydrogens (tertiary/aromatic N) is 1. The van der Waals surface area contributed by atoms with E-state index in [9.17, 15) is 9.59 Å². The number of carbonyl (C=O) groups excluding carboxylic acids is 2. The quantitative estimate of drug-likeness (QED) is 0.678. The fourth-order valence-electron chi connectivity index (χ4n) is 2.37. The largest absolute Gasteiger partial charge is 0.493 e. The molecule has 0 aliphatic carbocycles. The number of methoxy groups -OCH3 is 2. The topological polar surface area (TPSA) is 89.5 Å². The first-order valence-electron chi connectivity index (χ1n) is 7.95. The second-order valence-electron chi connectivity index (χ2n) is 5.40. The lowest BCUT2D eigenvalue weighted by Gasteiger charge is -2.10. The van der Waals surface area contributed by atoms with Gasteiger partial charge in [0.15, 0.2) is 16.6 Å². The number of aromatic nitrogens is 1. The molecule has 3 rings (SSSR count). The summed E-state index contributed by atoms with van der Waals surface area (Å²) in [5.41, 5.74) is 1.32. The molecule has 2 amide bonds. The third-order valence-corrected chi connectivity index (χ3v) is 4.37. The Labute approximate surface area is 160 Å². The number of hydrogen-bond donors (Lipinski definition) is 2. The Kier molecular flexibility index (Phi) is 5.68.